The first-order valence-electron chi connectivity index (χ1n) is 6.25. The third-order valence-corrected chi connectivity index (χ3v) is 3.18. The fraction of sp³-hybridized carbons (Fsp3) is 0.667. The third kappa shape index (κ3) is 2.70. The van der Waals surface area contributed by atoms with Gasteiger partial charge in [-0.15, -0.1) is 0 Å². The Balaban J connectivity index is 1.87. The average Bonchev–Trinajstić information content (AvgIpc) is 2.81. The van der Waals surface area contributed by atoms with Crippen molar-refractivity contribution < 1.29 is 14.3 Å². The van der Waals surface area contributed by atoms with Crippen LogP contribution in [0, 0.1) is 0 Å². The molecule has 0 saturated heterocycles. The van der Waals surface area contributed by atoms with Crippen LogP contribution in [-0.4, -0.2) is 35.8 Å². The van der Waals surface area contributed by atoms with E-state index in [4.69, 9.17) is 15.2 Å². The van der Waals surface area contributed by atoms with Crippen molar-refractivity contribution in [2.75, 3.05) is 19.8 Å². The van der Waals surface area contributed by atoms with Crippen LogP contribution in [0.25, 0.3) is 0 Å². The van der Waals surface area contributed by atoms with E-state index in [1.807, 2.05) is 6.92 Å². The smallest absolute Gasteiger partial charge is 0.356 e. The van der Waals surface area contributed by atoms with E-state index in [1.54, 1.807) is 0 Å². The largest absolute Gasteiger partial charge is 0.459 e. The summed E-state index contributed by atoms with van der Waals surface area (Å²) in [5.74, 6) is 0.252. The van der Waals surface area contributed by atoms with Crippen LogP contribution in [0.2, 0.25) is 0 Å². The number of esters is 1. The van der Waals surface area contributed by atoms with Crippen LogP contribution < -0.4 is 5.73 Å². The molecule has 1 heterocycles. The normalized spacial score (nSPS) is 17.2. The molecule has 0 bridgehead atoms. The van der Waals surface area contributed by atoms with E-state index in [2.05, 4.69) is 9.97 Å². The number of nitrogens with two attached hydrogens (primary N) is 1. The minimum Gasteiger partial charge on any atom is -0.459 e. The van der Waals surface area contributed by atoms with Gasteiger partial charge in [0.05, 0.1) is 18.3 Å². The molecule has 3 N–H and O–H groups in total. The van der Waals surface area contributed by atoms with Crippen LogP contribution in [0.4, 0.5) is 0 Å². The number of H-pyrrole nitrogens is 1. The highest BCUT2D eigenvalue weighted by Gasteiger charge is 2.37. The molecule has 2 rings (SSSR count). The summed E-state index contributed by atoms with van der Waals surface area (Å²) in [6.07, 6.45) is 4.38. The molecule has 0 radical (unpaired) electrons. The number of hydrogen-bond acceptors (Lipinski definition) is 5. The molecule has 100 valence electrons. The summed E-state index contributed by atoms with van der Waals surface area (Å²) in [6.45, 7) is 3.16. The zero-order chi connectivity index (χ0) is 13.0. The summed E-state index contributed by atoms with van der Waals surface area (Å²) in [5.41, 5.74) is 6.07. The van der Waals surface area contributed by atoms with Crippen molar-refractivity contribution in [3.8, 4) is 0 Å². The fourth-order valence-corrected chi connectivity index (χ4v) is 1.89. The zero-order valence-corrected chi connectivity index (χ0v) is 10.6. The molecular weight excluding hydrogens is 234 g/mol. The molecule has 1 aromatic heterocycles. The first-order valence-corrected chi connectivity index (χ1v) is 6.25. The van der Waals surface area contributed by atoms with Gasteiger partial charge in [-0.25, -0.2) is 9.78 Å². The molecule has 18 heavy (non-hydrogen) atoms. The van der Waals surface area contributed by atoms with Crippen molar-refractivity contribution in [3.05, 3.63) is 17.7 Å². The van der Waals surface area contributed by atoms with Gasteiger partial charge in [0.15, 0.2) is 0 Å². The Morgan fingerprint density at radius 3 is 2.94 bits per heavy atom. The SMILES string of the molecule is CCOCCOC(=O)c1cnc(C2(N)CCC2)[nH]1. The Morgan fingerprint density at radius 1 is 1.56 bits per heavy atom. The first kappa shape index (κ1) is 13.0. The monoisotopic (exact) mass is 253 g/mol. The lowest BCUT2D eigenvalue weighted by Crippen LogP contribution is -2.44. The summed E-state index contributed by atoms with van der Waals surface area (Å²) in [6, 6.07) is 0. The third-order valence-electron chi connectivity index (χ3n) is 3.18. The highest BCUT2D eigenvalue weighted by Crippen LogP contribution is 2.36. The van der Waals surface area contributed by atoms with Gasteiger partial charge in [-0.05, 0) is 26.2 Å². The zero-order valence-electron chi connectivity index (χ0n) is 10.6. The second-order valence-corrected chi connectivity index (χ2v) is 4.49. The second-order valence-electron chi connectivity index (χ2n) is 4.49. The molecule has 6 heteroatoms. The number of hydrogen-bond donors (Lipinski definition) is 2. The van der Waals surface area contributed by atoms with Crippen LogP contribution in [0.1, 0.15) is 42.5 Å². The van der Waals surface area contributed by atoms with Gasteiger partial charge in [-0.1, -0.05) is 0 Å². The van der Waals surface area contributed by atoms with Crippen molar-refractivity contribution in [2.45, 2.75) is 31.7 Å². The lowest BCUT2D eigenvalue weighted by Gasteiger charge is -2.35. The molecule has 1 aliphatic carbocycles. The molecule has 0 amide bonds. The molecule has 0 spiro atoms. The topological polar surface area (TPSA) is 90.2 Å². The van der Waals surface area contributed by atoms with Crippen LogP contribution in [0.3, 0.4) is 0 Å². The Kier molecular flexibility index (Phi) is 3.98. The lowest BCUT2D eigenvalue weighted by molar-refractivity contribution is 0.0329. The van der Waals surface area contributed by atoms with Gasteiger partial charge in [-0.3, -0.25) is 0 Å². The fourth-order valence-electron chi connectivity index (χ4n) is 1.89. The summed E-state index contributed by atoms with van der Waals surface area (Å²) >= 11 is 0. The number of carbonyl (C=O) groups is 1. The van der Waals surface area contributed by atoms with Crippen LogP contribution in [0.5, 0.6) is 0 Å². The molecule has 1 fully saturated rings. The molecule has 0 aliphatic heterocycles. The number of ether oxygens (including phenoxy) is 2. The maximum absolute atomic E-state index is 11.7. The Hall–Kier alpha value is -1.40. The second kappa shape index (κ2) is 5.49. The molecular formula is C12H19N3O3. The van der Waals surface area contributed by atoms with E-state index >= 15 is 0 Å². The van der Waals surface area contributed by atoms with Crippen LogP contribution in [-0.2, 0) is 15.0 Å². The molecule has 6 nitrogen and oxygen atoms in total. The van der Waals surface area contributed by atoms with Crippen LogP contribution >= 0.6 is 0 Å². The Bertz CT molecular complexity index is 412. The molecule has 1 aliphatic rings. The van der Waals surface area contributed by atoms with Crippen molar-refractivity contribution in [3.63, 3.8) is 0 Å². The summed E-state index contributed by atoms with van der Waals surface area (Å²) in [4.78, 5) is 18.8. The van der Waals surface area contributed by atoms with E-state index in [-0.39, 0.29) is 12.1 Å². The van der Waals surface area contributed by atoms with Crippen molar-refractivity contribution in [1.82, 2.24) is 9.97 Å². The minimum atomic E-state index is -0.420. The molecule has 1 aromatic rings. The van der Waals surface area contributed by atoms with E-state index < -0.39 is 5.97 Å². The van der Waals surface area contributed by atoms with Gasteiger partial charge in [0, 0.05) is 6.61 Å². The maximum atomic E-state index is 11.7. The Labute approximate surface area is 106 Å². The van der Waals surface area contributed by atoms with E-state index in [0.29, 0.717) is 24.7 Å². The molecule has 0 unspecified atom stereocenters. The number of aromatic nitrogens is 2. The number of rotatable bonds is 6. The number of carbonyl (C=O) groups excluding carboxylic acids is 1. The van der Waals surface area contributed by atoms with E-state index in [9.17, 15) is 4.79 Å². The van der Waals surface area contributed by atoms with Gasteiger partial charge in [0.1, 0.15) is 18.1 Å². The highest BCUT2D eigenvalue weighted by molar-refractivity contribution is 5.87. The molecule has 1 saturated carbocycles. The summed E-state index contributed by atoms with van der Waals surface area (Å²) < 4.78 is 10.1. The van der Waals surface area contributed by atoms with Gasteiger partial charge in [0.25, 0.3) is 0 Å². The number of nitrogens with zero attached hydrogens (tertiary/aromatic N) is 1. The first-order chi connectivity index (χ1) is 8.65. The van der Waals surface area contributed by atoms with E-state index in [0.717, 1.165) is 19.3 Å². The van der Waals surface area contributed by atoms with Crippen molar-refractivity contribution in [2.24, 2.45) is 5.73 Å². The molecule has 0 aromatic carbocycles. The van der Waals surface area contributed by atoms with Crippen molar-refractivity contribution in [1.29, 1.82) is 0 Å². The van der Waals surface area contributed by atoms with Gasteiger partial charge >= 0.3 is 5.97 Å². The maximum Gasteiger partial charge on any atom is 0.356 e. The quantitative estimate of drug-likeness (QED) is 0.581. The number of aromatic amines is 1. The predicted molar refractivity (Wildman–Crippen MR) is 65.1 cm³/mol. The average molecular weight is 253 g/mol. The lowest BCUT2D eigenvalue weighted by atomic mass is 9.77. The van der Waals surface area contributed by atoms with E-state index in [1.165, 1.54) is 6.20 Å². The molecule has 0 atom stereocenters. The van der Waals surface area contributed by atoms with Crippen molar-refractivity contribution >= 4 is 5.97 Å². The standard InChI is InChI=1S/C12H19N3O3/c1-2-17-6-7-18-10(16)9-8-14-11(15-9)12(13)4-3-5-12/h8H,2-7,13H2,1H3,(H,14,15). The number of imidazole rings is 1. The van der Waals surface area contributed by atoms with Gasteiger partial charge < -0.3 is 20.2 Å². The van der Waals surface area contributed by atoms with Crippen LogP contribution in [0.15, 0.2) is 6.20 Å². The predicted octanol–water partition coefficient (Wildman–Crippen LogP) is 0.941. The highest BCUT2D eigenvalue weighted by atomic mass is 16.6. The van der Waals surface area contributed by atoms with Gasteiger partial charge in [-0.2, -0.15) is 0 Å². The number of nitrogens with one attached hydrogen (secondary N) is 1. The minimum absolute atomic E-state index is 0.245. The Morgan fingerprint density at radius 2 is 2.33 bits per heavy atom. The summed E-state index contributed by atoms with van der Waals surface area (Å²) in [5, 5.41) is 0. The van der Waals surface area contributed by atoms with Gasteiger partial charge in [0.2, 0.25) is 0 Å². The summed E-state index contributed by atoms with van der Waals surface area (Å²) in [7, 11) is 0.